The van der Waals surface area contributed by atoms with E-state index in [0.717, 1.165) is 5.52 Å². The Kier molecular flexibility index (Phi) is 2.59. The number of hydrogen-bond donors (Lipinski definition) is 1. The van der Waals surface area contributed by atoms with Crippen LogP contribution in [0.4, 0.5) is 0 Å². The maximum absolute atomic E-state index is 11.1. The van der Waals surface area contributed by atoms with Gasteiger partial charge in [-0.2, -0.15) is 5.10 Å². The first kappa shape index (κ1) is 11.0. The minimum absolute atomic E-state index is 0.164. The molecule has 1 N–H and O–H groups in total. The van der Waals surface area contributed by atoms with Gasteiger partial charge >= 0.3 is 5.97 Å². The molecular weight excluding hydrogens is 228 g/mol. The minimum Gasteiger partial charge on any atom is -0.478 e. The third-order valence-corrected chi connectivity index (χ3v) is 2.62. The summed E-state index contributed by atoms with van der Waals surface area (Å²) in [6.07, 6.45) is 1.56. The Morgan fingerprint density at radius 3 is 2.75 bits per heavy atom. The standard InChI is InChI=1S/C11H11ClN2O2/c1-6(2)14-10-4-7(12)3-8(11(15)16)9(10)5-13-14/h3-6H,1-2H3,(H,15,16). The number of nitrogens with zero attached hydrogens (tertiary/aromatic N) is 2. The molecule has 1 aromatic heterocycles. The molecule has 0 aliphatic rings. The van der Waals surface area contributed by atoms with Gasteiger partial charge in [-0.3, -0.25) is 4.68 Å². The number of carboxylic acid groups (broad SMARTS) is 1. The highest BCUT2D eigenvalue weighted by molar-refractivity contribution is 6.32. The zero-order valence-corrected chi connectivity index (χ0v) is 9.69. The van der Waals surface area contributed by atoms with Crippen molar-refractivity contribution in [1.29, 1.82) is 0 Å². The summed E-state index contributed by atoms with van der Waals surface area (Å²) < 4.78 is 1.76. The number of aromatic carboxylic acids is 1. The van der Waals surface area contributed by atoms with Crippen molar-refractivity contribution in [3.63, 3.8) is 0 Å². The molecule has 0 radical (unpaired) electrons. The van der Waals surface area contributed by atoms with Gasteiger partial charge in [-0.25, -0.2) is 4.79 Å². The summed E-state index contributed by atoms with van der Waals surface area (Å²) in [4.78, 5) is 11.1. The Morgan fingerprint density at radius 2 is 2.19 bits per heavy atom. The van der Waals surface area contributed by atoms with E-state index in [-0.39, 0.29) is 11.6 Å². The molecule has 0 saturated heterocycles. The Morgan fingerprint density at radius 1 is 1.50 bits per heavy atom. The number of rotatable bonds is 2. The van der Waals surface area contributed by atoms with Gasteiger partial charge in [0.1, 0.15) is 0 Å². The van der Waals surface area contributed by atoms with E-state index in [9.17, 15) is 4.79 Å². The summed E-state index contributed by atoms with van der Waals surface area (Å²) >= 11 is 5.90. The monoisotopic (exact) mass is 238 g/mol. The first-order valence-electron chi connectivity index (χ1n) is 4.90. The largest absolute Gasteiger partial charge is 0.478 e. The smallest absolute Gasteiger partial charge is 0.336 e. The number of aromatic nitrogens is 2. The van der Waals surface area contributed by atoms with Crippen LogP contribution in [0.5, 0.6) is 0 Å². The molecule has 0 spiro atoms. The van der Waals surface area contributed by atoms with Crippen LogP contribution < -0.4 is 0 Å². The van der Waals surface area contributed by atoms with E-state index >= 15 is 0 Å². The van der Waals surface area contributed by atoms with Gasteiger partial charge in [-0.15, -0.1) is 0 Å². The highest BCUT2D eigenvalue weighted by Gasteiger charge is 2.14. The van der Waals surface area contributed by atoms with Gasteiger partial charge in [-0.1, -0.05) is 11.6 Å². The van der Waals surface area contributed by atoms with Crippen molar-refractivity contribution in [1.82, 2.24) is 9.78 Å². The predicted molar refractivity (Wildman–Crippen MR) is 62.1 cm³/mol. The van der Waals surface area contributed by atoms with Gasteiger partial charge in [0.2, 0.25) is 0 Å². The molecule has 0 fully saturated rings. The van der Waals surface area contributed by atoms with E-state index in [0.29, 0.717) is 10.4 Å². The van der Waals surface area contributed by atoms with Gasteiger partial charge in [0.15, 0.2) is 0 Å². The molecule has 2 aromatic rings. The first-order chi connectivity index (χ1) is 7.50. The Hall–Kier alpha value is -1.55. The van der Waals surface area contributed by atoms with Gasteiger partial charge in [0.05, 0.1) is 17.3 Å². The Balaban J connectivity index is 2.81. The normalized spacial score (nSPS) is 11.2. The maximum atomic E-state index is 11.1. The molecule has 0 saturated carbocycles. The average molecular weight is 239 g/mol. The minimum atomic E-state index is -0.990. The first-order valence-corrected chi connectivity index (χ1v) is 5.28. The fraction of sp³-hybridized carbons (Fsp3) is 0.273. The number of benzene rings is 1. The number of fused-ring (bicyclic) bond motifs is 1. The number of halogens is 1. The van der Waals surface area contributed by atoms with Crippen LogP contribution in [0, 0.1) is 0 Å². The molecule has 0 amide bonds. The fourth-order valence-electron chi connectivity index (χ4n) is 1.70. The van der Waals surface area contributed by atoms with Crippen LogP contribution in [0.25, 0.3) is 10.9 Å². The van der Waals surface area contributed by atoms with E-state index in [2.05, 4.69) is 5.10 Å². The molecule has 0 aliphatic heterocycles. The zero-order valence-electron chi connectivity index (χ0n) is 8.94. The Bertz CT molecular complexity index is 560. The van der Waals surface area contributed by atoms with Gasteiger partial charge in [0, 0.05) is 16.5 Å². The highest BCUT2D eigenvalue weighted by atomic mass is 35.5. The summed E-state index contributed by atoms with van der Waals surface area (Å²) in [5.41, 5.74) is 0.939. The summed E-state index contributed by atoms with van der Waals surface area (Å²) in [5.74, 6) is -0.990. The topological polar surface area (TPSA) is 55.1 Å². The van der Waals surface area contributed by atoms with Gasteiger partial charge < -0.3 is 5.11 Å². The highest BCUT2D eigenvalue weighted by Crippen LogP contribution is 2.25. The molecule has 1 heterocycles. The van der Waals surface area contributed by atoms with E-state index in [1.54, 1.807) is 16.9 Å². The molecule has 2 rings (SSSR count). The predicted octanol–water partition coefficient (Wildman–Crippen LogP) is 2.97. The molecule has 1 aromatic carbocycles. The van der Waals surface area contributed by atoms with Crippen LogP contribution in [0.2, 0.25) is 5.02 Å². The van der Waals surface area contributed by atoms with E-state index in [4.69, 9.17) is 16.7 Å². The van der Waals surface area contributed by atoms with E-state index < -0.39 is 5.97 Å². The lowest BCUT2D eigenvalue weighted by Crippen LogP contribution is -2.03. The van der Waals surface area contributed by atoms with Gasteiger partial charge in [0.25, 0.3) is 0 Å². The molecule has 16 heavy (non-hydrogen) atoms. The zero-order chi connectivity index (χ0) is 11.9. The average Bonchev–Trinajstić information content (AvgIpc) is 2.59. The number of hydrogen-bond acceptors (Lipinski definition) is 2. The second kappa shape index (κ2) is 3.79. The lowest BCUT2D eigenvalue weighted by molar-refractivity contribution is 0.0699. The molecule has 0 bridgehead atoms. The Labute approximate surface area is 97.4 Å². The van der Waals surface area contributed by atoms with Crippen molar-refractivity contribution < 1.29 is 9.90 Å². The third-order valence-electron chi connectivity index (χ3n) is 2.40. The van der Waals surface area contributed by atoms with Crippen LogP contribution in [0.3, 0.4) is 0 Å². The SMILES string of the molecule is CC(C)n1ncc2c(C(=O)O)cc(Cl)cc21. The quantitative estimate of drug-likeness (QED) is 0.875. The van der Waals surface area contributed by atoms with Crippen LogP contribution in [0.15, 0.2) is 18.3 Å². The van der Waals surface area contributed by atoms with Crippen LogP contribution >= 0.6 is 11.6 Å². The summed E-state index contributed by atoms with van der Waals surface area (Å²) in [6.45, 7) is 3.96. The van der Waals surface area contributed by atoms with Crippen molar-refractivity contribution in [2.45, 2.75) is 19.9 Å². The number of carbonyl (C=O) groups is 1. The molecular formula is C11H11ClN2O2. The number of carboxylic acids is 1. The molecule has 4 nitrogen and oxygen atoms in total. The second-order valence-electron chi connectivity index (χ2n) is 3.87. The van der Waals surface area contributed by atoms with Crippen molar-refractivity contribution in [3.05, 3.63) is 28.9 Å². The molecule has 0 atom stereocenters. The summed E-state index contributed by atoms with van der Waals surface area (Å²) in [5, 5.41) is 14.3. The van der Waals surface area contributed by atoms with E-state index in [1.165, 1.54) is 6.07 Å². The van der Waals surface area contributed by atoms with Crippen LogP contribution in [-0.2, 0) is 0 Å². The van der Waals surface area contributed by atoms with E-state index in [1.807, 2.05) is 13.8 Å². The van der Waals surface area contributed by atoms with Crippen molar-refractivity contribution in [2.75, 3.05) is 0 Å². The van der Waals surface area contributed by atoms with Crippen LogP contribution in [-0.4, -0.2) is 20.9 Å². The molecule has 0 unspecified atom stereocenters. The second-order valence-corrected chi connectivity index (χ2v) is 4.31. The molecule has 84 valence electrons. The third kappa shape index (κ3) is 1.65. The summed E-state index contributed by atoms with van der Waals surface area (Å²) in [7, 11) is 0. The molecule has 0 aliphatic carbocycles. The van der Waals surface area contributed by atoms with Crippen LogP contribution in [0.1, 0.15) is 30.2 Å². The lowest BCUT2D eigenvalue weighted by atomic mass is 10.1. The summed E-state index contributed by atoms with van der Waals surface area (Å²) in [6, 6.07) is 3.34. The fourth-order valence-corrected chi connectivity index (χ4v) is 1.91. The maximum Gasteiger partial charge on any atom is 0.336 e. The van der Waals surface area contributed by atoms with Crippen molar-refractivity contribution in [3.8, 4) is 0 Å². The van der Waals surface area contributed by atoms with Crippen molar-refractivity contribution >= 4 is 28.5 Å². The molecule has 5 heteroatoms. The van der Waals surface area contributed by atoms with Crippen molar-refractivity contribution in [2.24, 2.45) is 0 Å². The lowest BCUT2D eigenvalue weighted by Gasteiger charge is -2.07. The van der Waals surface area contributed by atoms with Gasteiger partial charge in [-0.05, 0) is 26.0 Å².